The SMILES string of the molecule is CC(C)(C)[C@H]1CCc2c(sc(N=Cc3cccc(I)c3)c2C(=O)Nc2ccc(Cl)cc2)C1. The molecular formula is C26H26ClIN2OS. The number of benzene rings is 2. The lowest BCUT2D eigenvalue weighted by atomic mass is 9.72. The molecule has 0 saturated heterocycles. The lowest BCUT2D eigenvalue weighted by Crippen LogP contribution is -2.27. The van der Waals surface area contributed by atoms with Crippen LogP contribution in [-0.4, -0.2) is 12.1 Å². The fraction of sp³-hybridized carbons (Fsp3) is 0.308. The third-order valence-electron chi connectivity index (χ3n) is 5.98. The number of nitrogens with one attached hydrogen (secondary N) is 1. The Kier molecular flexibility index (Phi) is 7.08. The van der Waals surface area contributed by atoms with Crippen molar-refractivity contribution in [3.63, 3.8) is 0 Å². The van der Waals surface area contributed by atoms with E-state index in [9.17, 15) is 4.79 Å². The number of halogens is 2. The van der Waals surface area contributed by atoms with Gasteiger partial charge in [0.1, 0.15) is 5.00 Å². The van der Waals surface area contributed by atoms with E-state index < -0.39 is 0 Å². The Morgan fingerprint density at radius 1 is 1.22 bits per heavy atom. The number of hydrogen-bond donors (Lipinski definition) is 1. The molecule has 3 aromatic rings. The molecule has 3 nitrogen and oxygen atoms in total. The van der Waals surface area contributed by atoms with Crippen molar-refractivity contribution in [3.8, 4) is 0 Å². The highest BCUT2D eigenvalue weighted by atomic mass is 127. The van der Waals surface area contributed by atoms with Crippen LogP contribution in [0.4, 0.5) is 10.7 Å². The van der Waals surface area contributed by atoms with E-state index in [-0.39, 0.29) is 11.3 Å². The summed E-state index contributed by atoms with van der Waals surface area (Å²) in [6, 6.07) is 15.4. The predicted molar refractivity (Wildman–Crippen MR) is 145 cm³/mol. The van der Waals surface area contributed by atoms with Gasteiger partial charge in [-0.3, -0.25) is 4.79 Å². The predicted octanol–water partition coefficient (Wildman–Crippen LogP) is 8.16. The fourth-order valence-corrected chi connectivity index (χ4v) is 6.04. The average Bonchev–Trinajstić information content (AvgIpc) is 3.11. The van der Waals surface area contributed by atoms with Crippen molar-refractivity contribution in [1.82, 2.24) is 0 Å². The van der Waals surface area contributed by atoms with Crippen LogP contribution in [0.15, 0.2) is 53.5 Å². The first-order chi connectivity index (χ1) is 15.2. The molecule has 0 unspecified atom stereocenters. The van der Waals surface area contributed by atoms with E-state index in [0.29, 0.717) is 16.5 Å². The number of carbonyl (C=O) groups is 1. The molecule has 0 aliphatic heterocycles. The van der Waals surface area contributed by atoms with Crippen molar-refractivity contribution in [2.75, 3.05) is 5.32 Å². The lowest BCUT2D eigenvalue weighted by molar-refractivity contribution is 0.102. The Labute approximate surface area is 212 Å². The summed E-state index contributed by atoms with van der Waals surface area (Å²) < 4.78 is 1.16. The van der Waals surface area contributed by atoms with Gasteiger partial charge in [0.25, 0.3) is 5.91 Å². The maximum Gasteiger partial charge on any atom is 0.259 e. The minimum atomic E-state index is -0.103. The van der Waals surface area contributed by atoms with E-state index in [1.165, 1.54) is 4.88 Å². The Morgan fingerprint density at radius 2 is 1.97 bits per heavy atom. The van der Waals surface area contributed by atoms with Gasteiger partial charge in [0.2, 0.25) is 0 Å². The second-order valence-electron chi connectivity index (χ2n) is 9.26. The number of aliphatic imine (C=N–C) groups is 1. The molecule has 6 heteroatoms. The molecular weight excluding hydrogens is 551 g/mol. The van der Waals surface area contributed by atoms with Crippen molar-refractivity contribution < 1.29 is 4.79 Å². The van der Waals surface area contributed by atoms with Crippen LogP contribution in [0.5, 0.6) is 0 Å². The van der Waals surface area contributed by atoms with Crippen LogP contribution in [-0.2, 0) is 12.8 Å². The molecule has 0 bridgehead atoms. The first-order valence-corrected chi connectivity index (χ1v) is 13.0. The van der Waals surface area contributed by atoms with Crippen LogP contribution in [0.2, 0.25) is 5.02 Å². The molecule has 1 N–H and O–H groups in total. The monoisotopic (exact) mass is 576 g/mol. The molecule has 0 fully saturated rings. The normalized spacial score (nSPS) is 16.2. The van der Waals surface area contributed by atoms with Gasteiger partial charge in [0.05, 0.1) is 5.56 Å². The topological polar surface area (TPSA) is 41.5 Å². The van der Waals surface area contributed by atoms with Crippen LogP contribution in [0.25, 0.3) is 0 Å². The second kappa shape index (κ2) is 9.65. The molecule has 1 atom stereocenters. The van der Waals surface area contributed by atoms with Crippen molar-refractivity contribution >= 4 is 68.3 Å². The summed E-state index contributed by atoms with van der Waals surface area (Å²) in [6.07, 6.45) is 4.87. The van der Waals surface area contributed by atoms with E-state index in [0.717, 1.165) is 44.6 Å². The highest BCUT2D eigenvalue weighted by molar-refractivity contribution is 14.1. The standard InChI is InChI=1S/C26H26ClIN2OS/c1-26(2,3)17-7-12-21-22(14-17)32-25(29-15-16-5-4-6-19(28)13-16)23(21)24(31)30-20-10-8-18(27)9-11-20/h4-6,8-11,13,15,17H,7,12,14H2,1-3H3,(H,30,31)/t17-/m0/s1. The van der Waals surface area contributed by atoms with Gasteiger partial charge < -0.3 is 5.32 Å². The molecule has 4 rings (SSSR count). The zero-order chi connectivity index (χ0) is 22.9. The molecule has 2 aromatic carbocycles. The minimum absolute atomic E-state index is 0.103. The van der Waals surface area contributed by atoms with Gasteiger partial charge in [0.15, 0.2) is 0 Å². The fourth-order valence-electron chi connectivity index (χ4n) is 4.08. The zero-order valence-corrected chi connectivity index (χ0v) is 22.1. The number of rotatable bonds is 4. The summed E-state index contributed by atoms with van der Waals surface area (Å²) >= 11 is 9.96. The molecule has 1 aliphatic rings. The summed E-state index contributed by atoms with van der Waals surface area (Å²) in [5, 5.41) is 4.48. The van der Waals surface area contributed by atoms with Gasteiger partial charge in [0, 0.05) is 25.4 Å². The summed E-state index contributed by atoms with van der Waals surface area (Å²) in [5.74, 6) is 0.502. The quantitative estimate of drug-likeness (QED) is 0.247. The summed E-state index contributed by atoms with van der Waals surface area (Å²) in [7, 11) is 0. The van der Waals surface area contributed by atoms with Crippen LogP contribution in [0.3, 0.4) is 0 Å². The van der Waals surface area contributed by atoms with Gasteiger partial charge in [-0.15, -0.1) is 11.3 Å². The molecule has 0 saturated carbocycles. The van der Waals surface area contributed by atoms with Crippen LogP contribution >= 0.6 is 45.5 Å². The third-order valence-corrected chi connectivity index (χ3v) is 8.07. The summed E-state index contributed by atoms with van der Waals surface area (Å²) in [6.45, 7) is 6.92. The number of carbonyl (C=O) groups excluding carboxylic acids is 1. The Bertz CT molecular complexity index is 1160. The average molecular weight is 577 g/mol. The molecule has 166 valence electrons. The summed E-state index contributed by atoms with van der Waals surface area (Å²) in [4.78, 5) is 19.5. The third kappa shape index (κ3) is 5.43. The second-order valence-corrected chi connectivity index (χ2v) is 12.0. The number of amides is 1. The first kappa shape index (κ1) is 23.5. The maximum absolute atomic E-state index is 13.4. The molecule has 1 aliphatic carbocycles. The van der Waals surface area contributed by atoms with Crippen molar-refractivity contribution in [2.24, 2.45) is 16.3 Å². The van der Waals surface area contributed by atoms with Crippen molar-refractivity contribution in [2.45, 2.75) is 40.0 Å². The minimum Gasteiger partial charge on any atom is -0.322 e. The molecule has 0 radical (unpaired) electrons. The Morgan fingerprint density at radius 3 is 2.66 bits per heavy atom. The van der Waals surface area contributed by atoms with E-state index >= 15 is 0 Å². The van der Waals surface area contributed by atoms with Gasteiger partial charge in [-0.1, -0.05) is 44.5 Å². The van der Waals surface area contributed by atoms with Crippen LogP contribution < -0.4 is 5.32 Å². The molecule has 1 heterocycles. The number of thiophene rings is 1. The zero-order valence-electron chi connectivity index (χ0n) is 18.4. The highest BCUT2D eigenvalue weighted by Gasteiger charge is 2.33. The van der Waals surface area contributed by atoms with Crippen LogP contribution in [0, 0.1) is 14.9 Å². The van der Waals surface area contributed by atoms with E-state index in [1.807, 2.05) is 30.5 Å². The largest absolute Gasteiger partial charge is 0.322 e. The van der Waals surface area contributed by atoms with Gasteiger partial charge in [-0.2, -0.15) is 0 Å². The van der Waals surface area contributed by atoms with E-state index in [4.69, 9.17) is 16.6 Å². The van der Waals surface area contributed by atoms with Crippen LogP contribution in [0.1, 0.15) is 53.6 Å². The van der Waals surface area contributed by atoms with Crippen molar-refractivity contribution in [1.29, 1.82) is 0 Å². The Balaban J connectivity index is 1.70. The highest BCUT2D eigenvalue weighted by Crippen LogP contribution is 2.45. The number of anilines is 1. The molecule has 32 heavy (non-hydrogen) atoms. The number of fused-ring (bicyclic) bond motifs is 1. The smallest absolute Gasteiger partial charge is 0.259 e. The Hall–Kier alpha value is -1.70. The maximum atomic E-state index is 13.4. The van der Waals surface area contributed by atoms with Gasteiger partial charge in [-0.05, 0) is 101 Å². The lowest BCUT2D eigenvalue weighted by Gasteiger charge is -2.33. The number of hydrogen-bond acceptors (Lipinski definition) is 3. The van der Waals surface area contributed by atoms with E-state index in [2.05, 4.69) is 60.8 Å². The number of nitrogens with zero attached hydrogens (tertiary/aromatic N) is 1. The summed E-state index contributed by atoms with van der Waals surface area (Å²) in [5.41, 5.74) is 3.89. The molecule has 0 spiro atoms. The molecule has 1 amide bonds. The van der Waals surface area contributed by atoms with Gasteiger partial charge in [-0.25, -0.2) is 4.99 Å². The van der Waals surface area contributed by atoms with Gasteiger partial charge >= 0.3 is 0 Å². The molecule has 1 aromatic heterocycles. The van der Waals surface area contributed by atoms with E-state index in [1.54, 1.807) is 23.5 Å². The first-order valence-electron chi connectivity index (χ1n) is 10.7. The van der Waals surface area contributed by atoms with Crippen molar-refractivity contribution in [3.05, 3.63) is 78.7 Å².